The normalized spacial score (nSPS) is 13.6. The molecule has 0 saturated heterocycles. The van der Waals surface area contributed by atoms with Crippen LogP contribution in [0.3, 0.4) is 0 Å². The van der Waals surface area contributed by atoms with Crippen molar-refractivity contribution in [2.24, 2.45) is 5.92 Å². The van der Waals surface area contributed by atoms with Crippen molar-refractivity contribution in [2.75, 3.05) is 13.2 Å². The van der Waals surface area contributed by atoms with Gasteiger partial charge in [-0.1, -0.05) is 57.8 Å². The first-order valence-electron chi connectivity index (χ1n) is 7.28. The summed E-state index contributed by atoms with van der Waals surface area (Å²) in [6, 6.07) is 0. The molecule has 0 aliphatic heterocycles. The zero-order chi connectivity index (χ0) is 13.6. The Morgan fingerprint density at radius 3 is 2.00 bits per heavy atom. The highest BCUT2D eigenvalue weighted by atomic mass is 16.6. The van der Waals surface area contributed by atoms with Gasteiger partial charge in [0, 0.05) is 13.2 Å². The van der Waals surface area contributed by atoms with Gasteiger partial charge in [0.2, 0.25) is 0 Å². The molecule has 1 atom stereocenters. The Kier molecular flexibility index (Phi) is 12.5. The van der Waals surface area contributed by atoms with Gasteiger partial charge in [-0.3, -0.25) is 0 Å². The molecule has 104 valence electrons. The van der Waals surface area contributed by atoms with Gasteiger partial charge in [-0.15, -0.1) is 0 Å². The fourth-order valence-corrected chi connectivity index (χ4v) is 1.48. The minimum absolute atomic E-state index is 0.184. The van der Waals surface area contributed by atoms with E-state index in [-0.39, 0.29) is 7.12 Å². The van der Waals surface area contributed by atoms with Crippen molar-refractivity contribution in [3.8, 4) is 0 Å². The van der Waals surface area contributed by atoms with E-state index in [1.54, 1.807) is 0 Å². The van der Waals surface area contributed by atoms with Crippen LogP contribution in [0.15, 0.2) is 24.2 Å². The van der Waals surface area contributed by atoms with Crippen molar-refractivity contribution in [3.05, 3.63) is 24.2 Å². The molecule has 0 radical (unpaired) electrons. The predicted molar refractivity (Wildman–Crippen MR) is 80.6 cm³/mol. The third kappa shape index (κ3) is 10.6. The van der Waals surface area contributed by atoms with E-state index in [0.717, 1.165) is 38.9 Å². The van der Waals surface area contributed by atoms with Crippen LogP contribution in [-0.4, -0.2) is 20.3 Å². The van der Waals surface area contributed by atoms with Crippen molar-refractivity contribution < 1.29 is 9.31 Å². The van der Waals surface area contributed by atoms with Gasteiger partial charge in [0.15, 0.2) is 0 Å². The van der Waals surface area contributed by atoms with Crippen LogP contribution in [0, 0.1) is 5.92 Å². The summed E-state index contributed by atoms with van der Waals surface area (Å²) in [6.07, 6.45) is 10.9. The van der Waals surface area contributed by atoms with Gasteiger partial charge < -0.3 is 9.31 Å². The van der Waals surface area contributed by atoms with Crippen LogP contribution in [-0.2, 0) is 9.31 Å². The molecular formula is C15H29BO2. The number of unbranched alkanes of at least 4 members (excludes halogenated alkanes) is 2. The van der Waals surface area contributed by atoms with Gasteiger partial charge in [0.25, 0.3) is 0 Å². The Bertz CT molecular complexity index is 217. The molecule has 0 spiro atoms. The Morgan fingerprint density at radius 2 is 1.56 bits per heavy atom. The third-order valence-corrected chi connectivity index (χ3v) is 2.63. The zero-order valence-electron chi connectivity index (χ0n) is 12.5. The summed E-state index contributed by atoms with van der Waals surface area (Å²) < 4.78 is 11.4. The lowest BCUT2D eigenvalue weighted by molar-refractivity contribution is 0.201. The van der Waals surface area contributed by atoms with Gasteiger partial charge in [0.1, 0.15) is 0 Å². The van der Waals surface area contributed by atoms with Crippen LogP contribution in [0.5, 0.6) is 0 Å². The highest BCUT2D eigenvalue weighted by Gasteiger charge is 2.13. The zero-order valence-corrected chi connectivity index (χ0v) is 12.5. The van der Waals surface area contributed by atoms with E-state index in [2.05, 4.69) is 39.0 Å². The van der Waals surface area contributed by atoms with Gasteiger partial charge in [-0.25, -0.2) is 0 Å². The highest BCUT2D eigenvalue weighted by molar-refractivity contribution is 6.50. The molecule has 0 aromatic rings. The lowest BCUT2D eigenvalue weighted by Gasteiger charge is -2.11. The van der Waals surface area contributed by atoms with Crippen molar-refractivity contribution in [1.29, 1.82) is 0 Å². The van der Waals surface area contributed by atoms with Gasteiger partial charge >= 0.3 is 7.12 Å². The molecular weight excluding hydrogens is 223 g/mol. The molecule has 0 fully saturated rings. The molecule has 1 unspecified atom stereocenters. The van der Waals surface area contributed by atoms with E-state index in [4.69, 9.17) is 9.31 Å². The quantitative estimate of drug-likeness (QED) is 0.308. The summed E-state index contributed by atoms with van der Waals surface area (Å²) in [5, 5.41) is 0. The Labute approximate surface area is 114 Å². The molecule has 0 aromatic heterocycles. The molecule has 0 amide bonds. The average molecular weight is 252 g/mol. The molecule has 18 heavy (non-hydrogen) atoms. The average Bonchev–Trinajstić information content (AvgIpc) is 2.36. The second-order valence-electron chi connectivity index (χ2n) is 4.59. The van der Waals surface area contributed by atoms with E-state index in [1.165, 1.54) is 0 Å². The number of rotatable bonds is 11. The second-order valence-corrected chi connectivity index (χ2v) is 4.59. The minimum Gasteiger partial charge on any atom is -0.408 e. The van der Waals surface area contributed by atoms with E-state index in [0.29, 0.717) is 5.92 Å². The van der Waals surface area contributed by atoms with Gasteiger partial charge in [-0.05, 0) is 25.7 Å². The van der Waals surface area contributed by atoms with Crippen LogP contribution in [0.4, 0.5) is 0 Å². The Balaban J connectivity index is 4.08. The predicted octanol–water partition coefficient (Wildman–Crippen LogP) is 4.42. The standard InChI is InChI=1S/C15H29BO2/c1-5-8-13-17-16(18-14-9-6-2)12-11-15(4)10-7-3/h7,10-12,15H,5-6,8-9,13-14H2,1-4H3/b10-7-,12-11+. The van der Waals surface area contributed by atoms with Crippen LogP contribution in [0.2, 0.25) is 0 Å². The molecule has 0 aliphatic rings. The molecule has 0 rings (SSSR count). The number of hydrogen-bond acceptors (Lipinski definition) is 2. The fraction of sp³-hybridized carbons (Fsp3) is 0.733. The van der Waals surface area contributed by atoms with Gasteiger partial charge in [-0.2, -0.15) is 0 Å². The highest BCUT2D eigenvalue weighted by Crippen LogP contribution is 2.03. The molecule has 0 bridgehead atoms. The summed E-state index contributed by atoms with van der Waals surface area (Å²) >= 11 is 0. The van der Waals surface area contributed by atoms with E-state index in [9.17, 15) is 0 Å². The summed E-state index contributed by atoms with van der Waals surface area (Å²) in [7, 11) is -0.184. The molecule has 0 aromatic carbocycles. The summed E-state index contributed by atoms with van der Waals surface area (Å²) in [6.45, 7) is 10.1. The molecule has 2 nitrogen and oxygen atoms in total. The van der Waals surface area contributed by atoms with E-state index < -0.39 is 0 Å². The molecule has 0 N–H and O–H groups in total. The lowest BCUT2D eigenvalue weighted by Crippen LogP contribution is -2.22. The largest absolute Gasteiger partial charge is 0.485 e. The van der Waals surface area contributed by atoms with Gasteiger partial charge in [0.05, 0.1) is 0 Å². The van der Waals surface area contributed by atoms with Crippen LogP contribution >= 0.6 is 0 Å². The molecule has 0 heterocycles. The van der Waals surface area contributed by atoms with Crippen LogP contribution < -0.4 is 0 Å². The minimum atomic E-state index is -0.184. The third-order valence-electron chi connectivity index (χ3n) is 2.63. The monoisotopic (exact) mass is 252 g/mol. The maximum Gasteiger partial charge on any atom is 0.485 e. The first kappa shape index (κ1) is 17.5. The maximum absolute atomic E-state index is 5.72. The summed E-state index contributed by atoms with van der Waals surface area (Å²) in [5.74, 6) is 2.47. The first-order valence-corrected chi connectivity index (χ1v) is 7.28. The van der Waals surface area contributed by atoms with Crippen LogP contribution in [0.1, 0.15) is 53.4 Å². The van der Waals surface area contributed by atoms with Crippen molar-refractivity contribution in [2.45, 2.75) is 53.4 Å². The Morgan fingerprint density at radius 1 is 1.00 bits per heavy atom. The van der Waals surface area contributed by atoms with Crippen molar-refractivity contribution in [3.63, 3.8) is 0 Å². The molecule has 0 aliphatic carbocycles. The molecule has 0 saturated carbocycles. The smallest absolute Gasteiger partial charge is 0.408 e. The number of allylic oxidation sites excluding steroid dienone is 3. The Hall–Kier alpha value is -0.535. The van der Waals surface area contributed by atoms with E-state index in [1.807, 2.05) is 12.9 Å². The van der Waals surface area contributed by atoms with E-state index >= 15 is 0 Å². The van der Waals surface area contributed by atoms with Crippen LogP contribution in [0.25, 0.3) is 0 Å². The topological polar surface area (TPSA) is 18.5 Å². The van der Waals surface area contributed by atoms with Crippen molar-refractivity contribution in [1.82, 2.24) is 0 Å². The lowest BCUT2D eigenvalue weighted by atomic mass is 9.87. The first-order chi connectivity index (χ1) is 8.74. The fourth-order valence-electron chi connectivity index (χ4n) is 1.48. The SMILES string of the molecule is C/C=C\C(C)/C=C/B(OCCCC)OCCCC. The second kappa shape index (κ2) is 12.9. The molecule has 3 heteroatoms. The summed E-state index contributed by atoms with van der Waals surface area (Å²) in [4.78, 5) is 0. The number of hydrogen-bond donors (Lipinski definition) is 0. The van der Waals surface area contributed by atoms with Crippen molar-refractivity contribution >= 4 is 7.12 Å². The maximum atomic E-state index is 5.72. The summed E-state index contributed by atoms with van der Waals surface area (Å²) in [5.41, 5.74) is 0.